The number of carbonyl (C=O) groups excluding carboxylic acids is 2. The van der Waals surface area contributed by atoms with E-state index in [1.165, 1.54) is 10.6 Å². The quantitative estimate of drug-likeness (QED) is 0.474. The van der Waals surface area contributed by atoms with Gasteiger partial charge in [0.05, 0.1) is 11.9 Å². The summed E-state index contributed by atoms with van der Waals surface area (Å²) in [7, 11) is -3.52. The molecule has 2 amide bonds. The van der Waals surface area contributed by atoms with E-state index in [-0.39, 0.29) is 24.8 Å². The van der Waals surface area contributed by atoms with E-state index in [0.717, 1.165) is 28.7 Å². The predicted molar refractivity (Wildman–Crippen MR) is 142 cm³/mol. The summed E-state index contributed by atoms with van der Waals surface area (Å²) in [6.07, 6.45) is 2.46. The van der Waals surface area contributed by atoms with E-state index < -0.39 is 16.1 Å². The number of benzene rings is 2. The van der Waals surface area contributed by atoms with Crippen LogP contribution in [0.1, 0.15) is 55.4 Å². The molecular weight excluding hydrogens is 462 g/mol. The number of carbonyl (C=O) groups is 2. The Morgan fingerprint density at radius 2 is 1.69 bits per heavy atom. The molecule has 0 saturated heterocycles. The summed E-state index contributed by atoms with van der Waals surface area (Å²) >= 11 is 0. The van der Waals surface area contributed by atoms with Gasteiger partial charge in [-0.3, -0.25) is 13.9 Å². The van der Waals surface area contributed by atoms with Crippen molar-refractivity contribution in [2.45, 2.75) is 66.5 Å². The van der Waals surface area contributed by atoms with E-state index in [2.05, 4.69) is 5.32 Å². The van der Waals surface area contributed by atoms with Crippen molar-refractivity contribution >= 4 is 27.5 Å². The topological polar surface area (TPSA) is 86.8 Å². The van der Waals surface area contributed by atoms with Crippen LogP contribution in [0.15, 0.2) is 42.5 Å². The first-order valence-electron chi connectivity index (χ1n) is 12.1. The molecule has 0 fully saturated rings. The molecule has 0 aromatic heterocycles. The SMILES string of the molecule is CCCNC(=O)C(C)N(Cc1ccc(C)cc1)C(=O)CCCN(c1cccc(C)c1C)S(C)(=O)=O. The maximum absolute atomic E-state index is 13.3. The predicted octanol–water partition coefficient (Wildman–Crippen LogP) is 4.10. The standard InChI is InChI=1S/C27H39N3O4S/c1-7-17-28-27(32)23(5)29(19-24-15-13-20(2)14-16-24)26(31)12-9-18-30(35(6,33)34)25-11-8-10-21(3)22(25)4/h8,10-11,13-16,23H,7,9,12,17-19H2,1-6H3,(H,28,32). The highest BCUT2D eigenvalue weighted by Gasteiger charge is 2.26. The molecular formula is C27H39N3O4S. The van der Waals surface area contributed by atoms with Crippen LogP contribution in [0.25, 0.3) is 0 Å². The highest BCUT2D eigenvalue weighted by Crippen LogP contribution is 2.25. The molecule has 1 unspecified atom stereocenters. The lowest BCUT2D eigenvalue weighted by Gasteiger charge is -2.29. The van der Waals surface area contributed by atoms with E-state index in [4.69, 9.17) is 0 Å². The minimum atomic E-state index is -3.52. The fourth-order valence-electron chi connectivity index (χ4n) is 3.86. The lowest BCUT2D eigenvalue weighted by molar-refractivity contribution is -0.140. The monoisotopic (exact) mass is 501 g/mol. The number of nitrogens with one attached hydrogen (secondary N) is 1. The van der Waals surface area contributed by atoms with E-state index in [9.17, 15) is 18.0 Å². The summed E-state index contributed by atoms with van der Waals surface area (Å²) in [5.74, 6) is -0.375. The lowest BCUT2D eigenvalue weighted by Crippen LogP contribution is -2.47. The highest BCUT2D eigenvalue weighted by atomic mass is 32.2. The molecule has 7 nitrogen and oxygen atoms in total. The lowest BCUT2D eigenvalue weighted by atomic mass is 10.1. The second kappa shape index (κ2) is 12.7. The van der Waals surface area contributed by atoms with Crippen LogP contribution < -0.4 is 9.62 Å². The second-order valence-corrected chi connectivity index (χ2v) is 11.0. The average molecular weight is 502 g/mol. The molecule has 0 heterocycles. The van der Waals surface area contributed by atoms with Gasteiger partial charge in [0, 0.05) is 26.1 Å². The van der Waals surface area contributed by atoms with Crippen molar-refractivity contribution in [2.24, 2.45) is 0 Å². The van der Waals surface area contributed by atoms with Crippen LogP contribution in [0.3, 0.4) is 0 Å². The Balaban J connectivity index is 2.18. The van der Waals surface area contributed by atoms with Crippen molar-refractivity contribution in [1.29, 1.82) is 0 Å². The smallest absolute Gasteiger partial charge is 0.242 e. The number of anilines is 1. The maximum atomic E-state index is 13.3. The van der Waals surface area contributed by atoms with Gasteiger partial charge in [-0.2, -0.15) is 0 Å². The minimum Gasteiger partial charge on any atom is -0.354 e. The fourth-order valence-corrected chi connectivity index (χ4v) is 4.87. The Hall–Kier alpha value is -2.87. The van der Waals surface area contributed by atoms with Gasteiger partial charge >= 0.3 is 0 Å². The molecule has 2 aromatic rings. The van der Waals surface area contributed by atoms with Crippen molar-refractivity contribution in [2.75, 3.05) is 23.7 Å². The zero-order chi connectivity index (χ0) is 26.2. The third-order valence-electron chi connectivity index (χ3n) is 6.19. The molecule has 0 aliphatic carbocycles. The Morgan fingerprint density at radius 1 is 1.03 bits per heavy atom. The van der Waals surface area contributed by atoms with Crippen LogP contribution in [-0.4, -0.2) is 50.5 Å². The largest absolute Gasteiger partial charge is 0.354 e. The zero-order valence-corrected chi connectivity index (χ0v) is 22.6. The summed E-state index contributed by atoms with van der Waals surface area (Å²) in [6, 6.07) is 12.8. The molecule has 0 radical (unpaired) electrons. The van der Waals surface area contributed by atoms with Crippen molar-refractivity contribution < 1.29 is 18.0 Å². The highest BCUT2D eigenvalue weighted by molar-refractivity contribution is 7.92. The molecule has 35 heavy (non-hydrogen) atoms. The van der Waals surface area contributed by atoms with E-state index >= 15 is 0 Å². The third kappa shape index (κ3) is 8.09. The second-order valence-electron chi connectivity index (χ2n) is 9.13. The summed E-state index contributed by atoms with van der Waals surface area (Å²) < 4.78 is 26.5. The van der Waals surface area contributed by atoms with Crippen LogP contribution >= 0.6 is 0 Å². The molecule has 192 valence electrons. The van der Waals surface area contributed by atoms with Crippen LogP contribution in [0, 0.1) is 20.8 Å². The van der Waals surface area contributed by atoms with Gasteiger partial charge in [-0.15, -0.1) is 0 Å². The number of amides is 2. The van der Waals surface area contributed by atoms with Gasteiger partial charge in [0.2, 0.25) is 21.8 Å². The van der Waals surface area contributed by atoms with Gasteiger partial charge in [0.15, 0.2) is 0 Å². The van der Waals surface area contributed by atoms with Crippen molar-refractivity contribution in [3.8, 4) is 0 Å². The number of rotatable bonds is 12. The first kappa shape index (κ1) is 28.4. The fraction of sp³-hybridized carbons (Fsp3) is 0.481. The third-order valence-corrected chi connectivity index (χ3v) is 7.37. The van der Waals surface area contributed by atoms with Gasteiger partial charge in [0.1, 0.15) is 6.04 Å². The van der Waals surface area contributed by atoms with Gasteiger partial charge < -0.3 is 10.2 Å². The van der Waals surface area contributed by atoms with Crippen molar-refractivity contribution in [3.05, 3.63) is 64.7 Å². The van der Waals surface area contributed by atoms with Gasteiger partial charge in [0.25, 0.3) is 0 Å². The van der Waals surface area contributed by atoms with Crippen LogP contribution in [0.4, 0.5) is 5.69 Å². The number of aryl methyl sites for hydroxylation is 2. The zero-order valence-electron chi connectivity index (χ0n) is 21.8. The summed E-state index contributed by atoms with van der Waals surface area (Å²) in [5, 5.41) is 2.87. The Kier molecular flexibility index (Phi) is 10.3. The van der Waals surface area contributed by atoms with Gasteiger partial charge in [-0.25, -0.2) is 8.42 Å². The molecule has 0 bridgehead atoms. The van der Waals surface area contributed by atoms with Crippen molar-refractivity contribution in [3.63, 3.8) is 0 Å². The maximum Gasteiger partial charge on any atom is 0.242 e. The summed E-state index contributed by atoms with van der Waals surface area (Å²) in [4.78, 5) is 27.6. The Morgan fingerprint density at radius 3 is 2.29 bits per heavy atom. The molecule has 1 atom stereocenters. The van der Waals surface area contributed by atoms with Crippen molar-refractivity contribution in [1.82, 2.24) is 10.2 Å². The van der Waals surface area contributed by atoms with E-state index in [1.54, 1.807) is 17.9 Å². The molecule has 2 rings (SSSR count). The molecule has 0 saturated carbocycles. The summed E-state index contributed by atoms with van der Waals surface area (Å²) in [6.45, 7) is 10.6. The molecule has 0 aliphatic rings. The molecule has 0 aliphatic heterocycles. The number of hydrogen-bond acceptors (Lipinski definition) is 4. The average Bonchev–Trinajstić information content (AvgIpc) is 2.80. The first-order valence-corrected chi connectivity index (χ1v) is 14.0. The van der Waals surface area contributed by atoms with Crippen LogP contribution in [0.5, 0.6) is 0 Å². The number of sulfonamides is 1. The molecule has 8 heteroatoms. The Labute approximate surface area is 210 Å². The van der Waals surface area contributed by atoms with Crippen LogP contribution in [0.2, 0.25) is 0 Å². The van der Waals surface area contributed by atoms with Gasteiger partial charge in [-0.05, 0) is 63.3 Å². The molecule has 2 aromatic carbocycles. The minimum absolute atomic E-state index is 0.133. The van der Waals surface area contributed by atoms with Gasteiger partial charge in [-0.1, -0.05) is 48.9 Å². The first-order chi connectivity index (χ1) is 16.5. The van der Waals surface area contributed by atoms with E-state index in [1.807, 2.05) is 64.1 Å². The van der Waals surface area contributed by atoms with E-state index in [0.29, 0.717) is 25.2 Å². The Bertz CT molecular complexity index is 1110. The molecule has 0 spiro atoms. The molecule has 1 N–H and O–H groups in total. The summed E-state index contributed by atoms with van der Waals surface area (Å²) in [5.41, 5.74) is 4.58. The number of hydrogen-bond donors (Lipinski definition) is 1. The normalized spacial score (nSPS) is 12.2. The number of nitrogens with zero attached hydrogens (tertiary/aromatic N) is 2. The van der Waals surface area contributed by atoms with Crippen LogP contribution in [-0.2, 0) is 26.2 Å².